The van der Waals surface area contributed by atoms with Crippen LogP contribution in [0.3, 0.4) is 0 Å². The van der Waals surface area contributed by atoms with Gasteiger partial charge in [-0.2, -0.15) is 5.26 Å². The Labute approximate surface area is 120 Å². The summed E-state index contributed by atoms with van der Waals surface area (Å²) in [7, 11) is 0. The van der Waals surface area contributed by atoms with Gasteiger partial charge in [-0.05, 0) is 35.3 Å². The van der Waals surface area contributed by atoms with Crippen molar-refractivity contribution in [1.82, 2.24) is 5.32 Å². The number of nitrogens with zero attached hydrogens (tertiary/aromatic N) is 1. The number of nitrogens with one attached hydrogen (secondary N) is 1. The summed E-state index contributed by atoms with van der Waals surface area (Å²) in [6.45, 7) is 3.63. The van der Waals surface area contributed by atoms with E-state index < -0.39 is 5.91 Å². The lowest BCUT2D eigenvalue weighted by molar-refractivity contribution is -0.117. The van der Waals surface area contributed by atoms with E-state index in [0.29, 0.717) is 31.9 Å². The van der Waals surface area contributed by atoms with Crippen molar-refractivity contribution in [3.63, 3.8) is 0 Å². The monoisotopic (exact) mass is 326 g/mol. The standard InChI is InChI=1S/C13H15BrN2O3/c1-2-18-5-3-4-16-13(17)10(8-15)6-12-7-11(14)9-19-12/h6-7,9H,2-5H2,1H3,(H,16,17)/b10-6-. The van der Waals surface area contributed by atoms with Crippen molar-refractivity contribution in [1.29, 1.82) is 5.26 Å². The minimum absolute atomic E-state index is 0.0123. The molecule has 1 rings (SSSR count). The maximum atomic E-state index is 11.7. The molecule has 6 heteroatoms. The van der Waals surface area contributed by atoms with Crippen LogP contribution in [-0.2, 0) is 9.53 Å². The predicted octanol–water partition coefficient (Wildman–Crippen LogP) is 2.49. The molecule has 1 aromatic rings. The number of carbonyl (C=O) groups is 1. The number of rotatable bonds is 7. The number of amides is 1. The van der Waals surface area contributed by atoms with E-state index in [9.17, 15) is 4.79 Å². The molecule has 0 aromatic carbocycles. The zero-order valence-corrected chi connectivity index (χ0v) is 12.2. The maximum absolute atomic E-state index is 11.7. The molecule has 1 aromatic heterocycles. The molecule has 0 aliphatic heterocycles. The predicted molar refractivity (Wildman–Crippen MR) is 74.1 cm³/mol. The van der Waals surface area contributed by atoms with Crippen molar-refractivity contribution in [2.45, 2.75) is 13.3 Å². The fraction of sp³-hybridized carbons (Fsp3) is 0.385. The second-order valence-corrected chi connectivity index (χ2v) is 4.56. The Morgan fingerprint density at radius 1 is 1.68 bits per heavy atom. The fourth-order valence-corrected chi connectivity index (χ4v) is 1.63. The molecule has 0 unspecified atom stereocenters. The van der Waals surface area contributed by atoms with Crippen LogP contribution in [0.2, 0.25) is 0 Å². The molecule has 19 heavy (non-hydrogen) atoms. The third-order valence-corrected chi connectivity index (χ3v) is 2.61. The number of nitriles is 1. The van der Waals surface area contributed by atoms with Gasteiger partial charge in [0.15, 0.2) is 0 Å². The van der Waals surface area contributed by atoms with Gasteiger partial charge < -0.3 is 14.5 Å². The molecule has 0 fully saturated rings. The van der Waals surface area contributed by atoms with Crippen LogP contribution in [0.1, 0.15) is 19.1 Å². The fourth-order valence-electron chi connectivity index (χ4n) is 1.31. The Balaban J connectivity index is 2.49. The summed E-state index contributed by atoms with van der Waals surface area (Å²) in [6, 6.07) is 3.53. The smallest absolute Gasteiger partial charge is 0.262 e. The highest BCUT2D eigenvalue weighted by Crippen LogP contribution is 2.16. The second kappa shape index (κ2) is 8.51. The average Bonchev–Trinajstić information content (AvgIpc) is 2.81. The van der Waals surface area contributed by atoms with Gasteiger partial charge in [0, 0.05) is 25.8 Å². The van der Waals surface area contributed by atoms with E-state index in [1.54, 1.807) is 6.07 Å². The number of hydrogen-bond acceptors (Lipinski definition) is 4. The first-order valence-corrected chi connectivity index (χ1v) is 6.68. The third-order valence-electron chi connectivity index (χ3n) is 2.19. The molecule has 0 saturated carbocycles. The lowest BCUT2D eigenvalue weighted by Gasteiger charge is -2.03. The molecule has 1 N–H and O–H groups in total. The molecule has 0 atom stereocenters. The van der Waals surface area contributed by atoms with E-state index in [1.807, 2.05) is 13.0 Å². The zero-order chi connectivity index (χ0) is 14.1. The molecule has 0 spiro atoms. The Hall–Kier alpha value is -1.58. The Morgan fingerprint density at radius 3 is 3.05 bits per heavy atom. The average molecular weight is 327 g/mol. The van der Waals surface area contributed by atoms with Gasteiger partial charge in [-0.25, -0.2) is 0 Å². The van der Waals surface area contributed by atoms with Crippen LogP contribution in [0.5, 0.6) is 0 Å². The van der Waals surface area contributed by atoms with Crippen LogP contribution >= 0.6 is 15.9 Å². The van der Waals surface area contributed by atoms with Gasteiger partial charge in [-0.15, -0.1) is 0 Å². The van der Waals surface area contributed by atoms with Crippen LogP contribution in [0.25, 0.3) is 6.08 Å². The normalized spacial score (nSPS) is 11.1. The molecular formula is C13H15BrN2O3. The molecule has 1 amide bonds. The Morgan fingerprint density at radius 2 is 2.47 bits per heavy atom. The highest BCUT2D eigenvalue weighted by molar-refractivity contribution is 9.10. The topological polar surface area (TPSA) is 75.3 Å². The minimum atomic E-state index is -0.411. The van der Waals surface area contributed by atoms with Crippen molar-refractivity contribution in [3.05, 3.63) is 28.1 Å². The zero-order valence-electron chi connectivity index (χ0n) is 10.6. The summed E-state index contributed by atoms with van der Waals surface area (Å²) >= 11 is 3.23. The summed E-state index contributed by atoms with van der Waals surface area (Å²) in [6.07, 6.45) is 3.61. The first-order chi connectivity index (χ1) is 9.17. The van der Waals surface area contributed by atoms with E-state index in [0.717, 1.165) is 4.47 Å². The van der Waals surface area contributed by atoms with E-state index in [4.69, 9.17) is 14.4 Å². The summed E-state index contributed by atoms with van der Waals surface area (Å²) in [5.41, 5.74) is 0.0123. The van der Waals surface area contributed by atoms with E-state index >= 15 is 0 Å². The van der Waals surface area contributed by atoms with Crippen LogP contribution in [0, 0.1) is 11.3 Å². The molecule has 0 bridgehead atoms. The van der Waals surface area contributed by atoms with Crippen LogP contribution in [0.4, 0.5) is 0 Å². The molecule has 102 valence electrons. The van der Waals surface area contributed by atoms with Crippen LogP contribution in [-0.4, -0.2) is 25.7 Å². The molecule has 0 aliphatic carbocycles. The largest absolute Gasteiger partial charge is 0.464 e. The van der Waals surface area contributed by atoms with Crippen LogP contribution in [0.15, 0.2) is 26.8 Å². The minimum Gasteiger partial charge on any atom is -0.464 e. The number of carbonyl (C=O) groups excluding carboxylic acids is 1. The van der Waals surface area contributed by atoms with Crippen molar-refractivity contribution in [3.8, 4) is 6.07 Å². The number of halogens is 1. The summed E-state index contributed by atoms with van der Waals surface area (Å²) in [5, 5.41) is 11.6. The van der Waals surface area contributed by atoms with Crippen molar-refractivity contribution < 1.29 is 13.9 Å². The molecule has 0 saturated heterocycles. The third kappa shape index (κ3) is 5.73. The van der Waals surface area contributed by atoms with Crippen molar-refractivity contribution in [2.75, 3.05) is 19.8 Å². The van der Waals surface area contributed by atoms with Gasteiger partial charge in [-0.1, -0.05) is 0 Å². The first kappa shape index (κ1) is 15.5. The lowest BCUT2D eigenvalue weighted by atomic mass is 10.2. The van der Waals surface area contributed by atoms with E-state index in [-0.39, 0.29) is 5.57 Å². The molecular weight excluding hydrogens is 312 g/mol. The Bertz CT molecular complexity index is 488. The van der Waals surface area contributed by atoms with Gasteiger partial charge in [0.2, 0.25) is 0 Å². The number of furan rings is 1. The first-order valence-electron chi connectivity index (χ1n) is 5.89. The maximum Gasteiger partial charge on any atom is 0.262 e. The second-order valence-electron chi connectivity index (χ2n) is 3.64. The summed E-state index contributed by atoms with van der Waals surface area (Å²) in [4.78, 5) is 11.7. The van der Waals surface area contributed by atoms with E-state index in [1.165, 1.54) is 12.3 Å². The highest BCUT2D eigenvalue weighted by atomic mass is 79.9. The van der Waals surface area contributed by atoms with Crippen LogP contribution < -0.4 is 5.32 Å². The van der Waals surface area contributed by atoms with Crippen molar-refractivity contribution in [2.24, 2.45) is 0 Å². The SMILES string of the molecule is CCOCCCNC(=O)/C(C#N)=C\c1cc(Br)co1. The molecule has 0 aliphatic rings. The molecule has 5 nitrogen and oxygen atoms in total. The van der Waals surface area contributed by atoms with Crippen molar-refractivity contribution >= 4 is 27.9 Å². The highest BCUT2D eigenvalue weighted by Gasteiger charge is 2.09. The quantitative estimate of drug-likeness (QED) is 0.474. The number of hydrogen-bond donors (Lipinski definition) is 1. The molecule has 1 heterocycles. The van der Waals surface area contributed by atoms with Gasteiger partial charge in [-0.3, -0.25) is 4.79 Å². The summed E-state index contributed by atoms with van der Waals surface area (Å²) in [5.74, 6) is 0.0411. The van der Waals surface area contributed by atoms with Gasteiger partial charge in [0.05, 0.1) is 4.47 Å². The van der Waals surface area contributed by atoms with Gasteiger partial charge in [0.1, 0.15) is 23.7 Å². The van der Waals surface area contributed by atoms with Gasteiger partial charge >= 0.3 is 0 Å². The van der Waals surface area contributed by atoms with E-state index in [2.05, 4.69) is 21.2 Å². The van der Waals surface area contributed by atoms with Gasteiger partial charge in [0.25, 0.3) is 5.91 Å². The summed E-state index contributed by atoms with van der Waals surface area (Å²) < 4.78 is 11.0. The number of ether oxygens (including phenoxy) is 1. The lowest BCUT2D eigenvalue weighted by Crippen LogP contribution is -2.26. The molecule has 0 radical (unpaired) electrons. The Kier molecular flexibility index (Phi) is 6.93.